The Hall–Kier alpha value is -3.35. The molecule has 2 aromatic carbocycles. The monoisotopic (exact) mass is 462 g/mol. The molecule has 1 saturated heterocycles. The number of aliphatic carboxylic acids is 1. The van der Waals surface area contributed by atoms with Crippen LogP contribution in [0.1, 0.15) is 37.3 Å². The van der Waals surface area contributed by atoms with Gasteiger partial charge in [-0.1, -0.05) is 55.5 Å². The molecule has 2 N–H and O–H groups in total. The molecular formula is C27H30N2O5. The molecule has 0 spiro atoms. The Bertz CT molecular complexity index is 1100. The number of nitrogens with one attached hydrogen (secondary N) is 1. The summed E-state index contributed by atoms with van der Waals surface area (Å²) >= 11 is 0. The van der Waals surface area contributed by atoms with E-state index in [-0.39, 0.29) is 42.7 Å². The van der Waals surface area contributed by atoms with Crippen molar-refractivity contribution in [3.8, 4) is 11.1 Å². The van der Waals surface area contributed by atoms with Crippen LogP contribution in [0.2, 0.25) is 0 Å². The van der Waals surface area contributed by atoms with Gasteiger partial charge in [-0.2, -0.15) is 0 Å². The van der Waals surface area contributed by atoms with Crippen molar-refractivity contribution in [3.05, 3.63) is 59.7 Å². The van der Waals surface area contributed by atoms with E-state index in [1.807, 2.05) is 31.2 Å². The Morgan fingerprint density at radius 1 is 1.09 bits per heavy atom. The summed E-state index contributed by atoms with van der Waals surface area (Å²) in [4.78, 5) is 38.5. The maximum absolute atomic E-state index is 12.8. The van der Waals surface area contributed by atoms with E-state index < -0.39 is 17.5 Å². The van der Waals surface area contributed by atoms with Gasteiger partial charge in [-0.05, 0) is 47.4 Å². The minimum absolute atomic E-state index is 0.00355. The lowest BCUT2D eigenvalue weighted by atomic mass is 9.81. The van der Waals surface area contributed by atoms with Gasteiger partial charge in [0.2, 0.25) is 5.91 Å². The van der Waals surface area contributed by atoms with Gasteiger partial charge >= 0.3 is 12.1 Å². The van der Waals surface area contributed by atoms with Crippen LogP contribution in [0.15, 0.2) is 48.5 Å². The number of ether oxygens (including phenoxy) is 1. The summed E-state index contributed by atoms with van der Waals surface area (Å²) in [6, 6.07) is 16.4. The van der Waals surface area contributed by atoms with E-state index in [0.717, 1.165) is 11.1 Å². The zero-order chi connectivity index (χ0) is 24.0. The number of fused-ring (bicyclic) bond motifs is 3. The molecule has 7 nitrogen and oxygen atoms in total. The summed E-state index contributed by atoms with van der Waals surface area (Å²) in [5.74, 6) is -1.04. The number of amides is 2. The lowest BCUT2D eigenvalue weighted by Gasteiger charge is -2.22. The van der Waals surface area contributed by atoms with Crippen molar-refractivity contribution in [2.75, 3.05) is 26.2 Å². The van der Waals surface area contributed by atoms with Crippen molar-refractivity contribution in [1.82, 2.24) is 10.2 Å². The lowest BCUT2D eigenvalue weighted by molar-refractivity contribution is -0.149. The van der Waals surface area contributed by atoms with Gasteiger partial charge < -0.3 is 20.1 Å². The number of nitrogens with zero attached hydrogens (tertiary/aromatic N) is 1. The molecular weight excluding hydrogens is 432 g/mol. The van der Waals surface area contributed by atoms with Crippen molar-refractivity contribution < 1.29 is 24.2 Å². The second-order valence-corrected chi connectivity index (χ2v) is 10.2. The van der Waals surface area contributed by atoms with Gasteiger partial charge in [0.25, 0.3) is 0 Å². The third-order valence-corrected chi connectivity index (χ3v) is 7.99. The fourth-order valence-corrected chi connectivity index (χ4v) is 5.47. The first kappa shape index (κ1) is 22.4. The summed E-state index contributed by atoms with van der Waals surface area (Å²) < 4.78 is 5.57. The predicted octanol–water partition coefficient (Wildman–Crippen LogP) is 3.73. The number of alkyl carbamates (subject to hydrolysis) is 1. The van der Waals surface area contributed by atoms with E-state index in [2.05, 4.69) is 29.6 Å². The number of hydrogen-bond acceptors (Lipinski definition) is 4. The summed E-state index contributed by atoms with van der Waals surface area (Å²) in [6.07, 6.45) is 0.227. The highest BCUT2D eigenvalue weighted by molar-refractivity contribution is 5.84. The Morgan fingerprint density at radius 2 is 1.71 bits per heavy atom. The fraction of sp³-hybridized carbons (Fsp3) is 0.444. The Labute approximate surface area is 199 Å². The third-order valence-electron chi connectivity index (χ3n) is 7.99. The smallest absolute Gasteiger partial charge is 0.407 e. The van der Waals surface area contributed by atoms with Crippen LogP contribution >= 0.6 is 0 Å². The summed E-state index contributed by atoms with van der Waals surface area (Å²) in [7, 11) is 0. The molecule has 2 amide bonds. The van der Waals surface area contributed by atoms with Gasteiger partial charge in [0.05, 0.1) is 5.41 Å². The van der Waals surface area contributed by atoms with E-state index in [1.165, 1.54) is 11.1 Å². The van der Waals surface area contributed by atoms with Crippen LogP contribution in [0.4, 0.5) is 4.79 Å². The zero-order valence-corrected chi connectivity index (χ0v) is 19.5. The highest BCUT2D eigenvalue weighted by atomic mass is 16.5. The number of carboxylic acids is 1. The maximum atomic E-state index is 12.8. The molecule has 0 aromatic heterocycles. The molecule has 2 aliphatic carbocycles. The van der Waals surface area contributed by atoms with Crippen LogP contribution < -0.4 is 5.32 Å². The molecule has 4 atom stereocenters. The molecule has 2 aromatic rings. The van der Waals surface area contributed by atoms with E-state index >= 15 is 0 Å². The van der Waals surface area contributed by atoms with Crippen molar-refractivity contribution in [2.45, 2.75) is 26.2 Å². The molecule has 3 aliphatic rings. The third kappa shape index (κ3) is 3.83. The largest absolute Gasteiger partial charge is 0.481 e. The number of carboxylic acid groups (broad SMARTS) is 1. The molecule has 0 bridgehead atoms. The standard InChI is InChI=1S/C27H30N2O5/c1-16-13-29(15-27(16,2)25(31)32)24(30)22-11-17(22)12-28-26(33)34-14-23-20-9-5-3-7-18(20)19-8-4-6-10-21(19)23/h3-10,16-17,22-23H,11-15H2,1-2H3,(H,28,33)(H,31,32)/t16-,17?,22?,27-/m1/s1. The Morgan fingerprint density at radius 3 is 2.29 bits per heavy atom. The van der Waals surface area contributed by atoms with Gasteiger partial charge in [0.1, 0.15) is 6.61 Å². The first-order valence-electron chi connectivity index (χ1n) is 11.9. The molecule has 34 heavy (non-hydrogen) atoms. The number of carbonyl (C=O) groups excluding carboxylic acids is 2. The second-order valence-electron chi connectivity index (χ2n) is 10.2. The van der Waals surface area contributed by atoms with Crippen molar-refractivity contribution in [1.29, 1.82) is 0 Å². The van der Waals surface area contributed by atoms with E-state index in [1.54, 1.807) is 11.8 Å². The predicted molar refractivity (Wildman–Crippen MR) is 126 cm³/mol. The van der Waals surface area contributed by atoms with Gasteiger partial charge in [0, 0.05) is 31.5 Å². The topological polar surface area (TPSA) is 95.9 Å². The maximum Gasteiger partial charge on any atom is 0.407 e. The molecule has 1 aliphatic heterocycles. The van der Waals surface area contributed by atoms with Crippen molar-refractivity contribution >= 4 is 18.0 Å². The van der Waals surface area contributed by atoms with Crippen molar-refractivity contribution in [2.24, 2.45) is 23.2 Å². The molecule has 2 unspecified atom stereocenters. The zero-order valence-electron chi connectivity index (χ0n) is 19.5. The molecule has 0 radical (unpaired) electrons. The molecule has 1 heterocycles. The van der Waals surface area contributed by atoms with Crippen LogP contribution in [-0.2, 0) is 14.3 Å². The normalized spacial score (nSPS) is 27.1. The number of benzene rings is 2. The van der Waals surface area contributed by atoms with Gasteiger partial charge in [0.15, 0.2) is 0 Å². The number of carbonyl (C=O) groups is 3. The van der Waals surface area contributed by atoms with Crippen LogP contribution in [0.25, 0.3) is 11.1 Å². The minimum Gasteiger partial charge on any atom is -0.481 e. The molecule has 2 fully saturated rings. The quantitative estimate of drug-likeness (QED) is 0.682. The van der Waals surface area contributed by atoms with E-state index in [9.17, 15) is 19.5 Å². The first-order valence-corrected chi connectivity index (χ1v) is 11.9. The molecule has 7 heteroatoms. The number of likely N-dealkylation sites (tertiary alicyclic amines) is 1. The van der Waals surface area contributed by atoms with Crippen molar-refractivity contribution in [3.63, 3.8) is 0 Å². The Balaban J connectivity index is 1.11. The highest BCUT2D eigenvalue weighted by Gasteiger charge is 2.52. The second kappa shape index (κ2) is 8.46. The molecule has 178 valence electrons. The number of hydrogen-bond donors (Lipinski definition) is 2. The SMILES string of the molecule is C[C@@H]1CN(C(=O)C2CC2CNC(=O)OCC2c3ccccc3-c3ccccc32)C[C@@]1(C)C(=O)O. The fourth-order valence-electron chi connectivity index (χ4n) is 5.47. The molecule has 5 rings (SSSR count). The van der Waals surface area contributed by atoms with Crippen LogP contribution in [0.5, 0.6) is 0 Å². The van der Waals surface area contributed by atoms with E-state index in [4.69, 9.17) is 4.74 Å². The lowest BCUT2D eigenvalue weighted by Crippen LogP contribution is -2.37. The molecule has 1 saturated carbocycles. The summed E-state index contributed by atoms with van der Waals surface area (Å²) in [5, 5.41) is 12.3. The summed E-state index contributed by atoms with van der Waals surface area (Å²) in [6.45, 7) is 4.93. The average Bonchev–Trinajstić information content (AvgIpc) is 3.45. The van der Waals surface area contributed by atoms with Crippen LogP contribution in [-0.4, -0.2) is 54.2 Å². The minimum atomic E-state index is -0.903. The van der Waals surface area contributed by atoms with Gasteiger partial charge in [-0.25, -0.2) is 4.79 Å². The van der Waals surface area contributed by atoms with E-state index in [0.29, 0.717) is 19.5 Å². The average molecular weight is 463 g/mol. The van der Waals surface area contributed by atoms with Crippen LogP contribution in [0, 0.1) is 23.2 Å². The van der Waals surface area contributed by atoms with Gasteiger partial charge in [-0.15, -0.1) is 0 Å². The van der Waals surface area contributed by atoms with Gasteiger partial charge in [-0.3, -0.25) is 9.59 Å². The summed E-state index contributed by atoms with van der Waals surface area (Å²) in [5.41, 5.74) is 3.79. The van der Waals surface area contributed by atoms with Crippen LogP contribution in [0.3, 0.4) is 0 Å². The Kier molecular flexibility index (Phi) is 5.58. The first-order chi connectivity index (χ1) is 16.3. The highest BCUT2D eigenvalue weighted by Crippen LogP contribution is 2.45. The number of rotatable bonds is 6.